The van der Waals surface area contributed by atoms with Gasteiger partial charge in [-0.2, -0.15) is 11.8 Å². The molecule has 0 bridgehead atoms. The lowest BCUT2D eigenvalue weighted by Crippen LogP contribution is -2.30. The number of hydrogen-bond acceptors (Lipinski definition) is 5. The van der Waals surface area contributed by atoms with Gasteiger partial charge in [0.1, 0.15) is 0 Å². The second kappa shape index (κ2) is 8.82. The average molecular weight is 302 g/mol. The van der Waals surface area contributed by atoms with Gasteiger partial charge in [-0.25, -0.2) is 4.98 Å². The van der Waals surface area contributed by atoms with Crippen molar-refractivity contribution in [2.24, 2.45) is 0 Å². The van der Waals surface area contributed by atoms with Crippen LogP contribution in [0.3, 0.4) is 0 Å². The van der Waals surface area contributed by atoms with Crippen LogP contribution in [0, 0.1) is 0 Å². The van der Waals surface area contributed by atoms with E-state index in [4.69, 9.17) is 4.98 Å². The number of rotatable bonds is 9. The zero-order valence-electron chi connectivity index (χ0n) is 12.8. The highest BCUT2D eigenvalue weighted by atomic mass is 32.2. The molecule has 0 spiro atoms. The summed E-state index contributed by atoms with van der Waals surface area (Å²) in [7, 11) is 2.16. The molecule has 1 heterocycles. The first-order chi connectivity index (χ1) is 9.13. The smallest absolute Gasteiger partial charge is 0.185 e. The van der Waals surface area contributed by atoms with Gasteiger partial charge >= 0.3 is 0 Å². The summed E-state index contributed by atoms with van der Waals surface area (Å²) in [5, 5.41) is 4.58. The molecule has 1 rings (SSSR count). The van der Waals surface area contributed by atoms with E-state index in [1.165, 1.54) is 10.6 Å². The van der Waals surface area contributed by atoms with Gasteiger partial charge in [0.25, 0.3) is 0 Å². The number of hydrogen-bond donors (Lipinski definition) is 1. The summed E-state index contributed by atoms with van der Waals surface area (Å²) < 4.78 is 0. The topological polar surface area (TPSA) is 28.2 Å². The molecule has 0 aliphatic heterocycles. The molecule has 110 valence electrons. The fourth-order valence-electron chi connectivity index (χ4n) is 1.87. The van der Waals surface area contributed by atoms with Gasteiger partial charge in [0, 0.05) is 30.3 Å². The van der Waals surface area contributed by atoms with Crippen LogP contribution in [-0.2, 0) is 13.0 Å². The van der Waals surface area contributed by atoms with Crippen LogP contribution in [0.25, 0.3) is 0 Å². The molecular formula is C14H27N3S2. The number of thioether (sulfide) groups is 1. The van der Waals surface area contributed by atoms with Crippen molar-refractivity contribution in [2.45, 2.75) is 46.2 Å². The lowest BCUT2D eigenvalue weighted by Gasteiger charge is -2.23. The molecule has 1 N–H and O–H groups in total. The minimum absolute atomic E-state index is 0.530. The Bertz CT molecular complexity index is 366. The number of aryl methyl sites for hydroxylation is 1. The van der Waals surface area contributed by atoms with Crippen molar-refractivity contribution >= 4 is 28.2 Å². The fraction of sp³-hybridized carbons (Fsp3) is 0.786. The third kappa shape index (κ3) is 4.97. The fourth-order valence-corrected chi connectivity index (χ4v) is 3.72. The largest absolute Gasteiger partial charge is 0.348 e. The molecule has 0 aliphatic rings. The van der Waals surface area contributed by atoms with Gasteiger partial charge in [-0.05, 0) is 26.1 Å². The molecule has 1 aromatic heterocycles. The van der Waals surface area contributed by atoms with Crippen molar-refractivity contribution in [3.63, 3.8) is 0 Å². The van der Waals surface area contributed by atoms with Gasteiger partial charge in [0.2, 0.25) is 0 Å². The van der Waals surface area contributed by atoms with E-state index in [0.29, 0.717) is 6.04 Å². The highest BCUT2D eigenvalue weighted by Crippen LogP contribution is 2.28. The molecule has 0 fully saturated rings. The van der Waals surface area contributed by atoms with Crippen LogP contribution in [0.1, 0.15) is 37.8 Å². The van der Waals surface area contributed by atoms with Crippen LogP contribution >= 0.6 is 23.1 Å². The molecule has 0 amide bonds. The monoisotopic (exact) mass is 301 g/mol. The predicted molar refractivity (Wildman–Crippen MR) is 89.7 cm³/mol. The first kappa shape index (κ1) is 16.8. The molecule has 0 radical (unpaired) electrons. The van der Waals surface area contributed by atoms with Gasteiger partial charge in [0.15, 0.2) is 5.13 Å². The van der Waals surface area contributed by atoms with E-state index in [1.807, 2.05) is 23.1 Å². The highest BCUT2D eigenvalue weighted by molar-refractivity contribution is 7.98. The van der Waals surface area contributed by atoms with Crippen LogP contribution in [-0.4, -0.2) is 36.6 Å². The number of aromatic nitrogens is 1. The Morgan fingerprint density at radius 3 is 2.74 bits per heavy atom. The Morgan fingerprint density at radius 1 is 1.42 bits per heavy atom. The maximum absolute atomic E-state index is 4.85. The molecule has 19 heavy (non-hydrogen) atoms. The highest BCUT2D eigenvalue weighted by Gasteiger charge is 2.16. The van der Waals surface area contributed by atoms with Gasteiger partial charge in [-0.1, -0.05) is 20.3 Å². The minimum atomic E-state index is 0.530. The SMILES string of the molecule is CCCc1nc(N(C)C(C)CSC)sc1CNCC. The average Bonchev–Trinajstić information content (AvgIpc) is 2.79. The maximum atomic E-state index is 4.85. The lowest BCUT2D eigenvalue weighted by molar-refractivity contribution is 0.721. The Kier molecular flexibility index (Phi) is 7.80. The van der Waals surface area contributed by atoms with Crippen LogP contribution in [0.15, 0.2) is 0 Å². The Balaban J connectivity index is 2.83. The third-order valence-corrected chi connectivity index (χ3v) is 5.16. The zero-order valence-corrected chi connectivity index (χ0v) is 14.5. The van der Waals surface area contributed by atoms with Gasteiger partial charge < -0.3 is 10.2 Å². The van der Waals surface area contributed by atoms with E-state index in [9.17, 15) is 0 Å². The molecular weight excluding hydrogens is 274 g/mol. The van der Waals surface area contributed by atoms with Gasteiger partial charge in [-0.15, -0.1) is 11.3 Å². The van der Waals surface area contributed by atoms with Crippen molar-refractivity contribution in [1.29, 1.82) is 0 Å². The van der Waals surface area contributed by atoms with Crippen LogP contribution in [0.4, 0.5) is 5.13 Å². The first-order valence-corrected chi connectivity index (χ1v) is 9.26. The molecule has 0 saturated heterocycles. The summed E-state index contributed by atoms with van der Waals surface area (Å²) in [6.45, 7) is 8.59. The van der Waals surface area contributed by atoms with E-state index >= 15 is 0 Å². The summed E-state index contributed by atoms with van der Waals surface area (Å²) in [6, 6.07) is 0.530. The molecule has 0 saturated carbocycles. The number of nitrogens with one attached hydrogen (secondary N) is 1. The summed E-state index contributed by atoms with van der Waals surface area (Å²) in [5.41, 5.74) is 1.28. The quantitative estimate of drug-likeness (QED) is 0.757. The molecule has 3 nitrogen and oxygen atoms in total. The van der Waals surface area contributed by atoms with Crippen molar-refractivity contribution in [2.75, 3.05) is 30.5 Å². The zero-order chi connectivity index (χ0) is 14.3. The third-order valence-electron chi connectivity index (χ3n) is 3.16. The van der Waals surface area contributed by atoms with E-state index in [2.05, 4.69) is 44.3 Å². The number of nitrogens with zero attached hydrogens (tertiary/aromatic N) is 2. The Hall–Kier alpha value is -0.260. The normalized spacial score (nSPS) is 12.7. The second-order valence-corrected chi connectivity index (χ2v) is 6.78. The standard InChI is InChI=1S/C14H27N3S2/c1-6-8-12-13(9-15-7-2)19-14(16-12)17(4)11(3)10-18-5/h11,15H,6-10H2,1-5H3. The van der Waals surface area contributed by atoms with E-state index in [-0.39, 0.29) is 0 Å². The lowest BCUT2D eigenvalue weighted by atomic mass is 10.2. The summed E-state index contributed by atoms with van der Waals surface area (Å²) >= 11 is 3.74. The summed E-state index contributed by atoms with van der Waals surface area (Å²) in [4.78, 5) is 8.57. The number of thiazole rings is 1. The summed E-state index contributed by atoms with van der Waals surface area (Å²) in [6.07, 6.45) is 4.40. The molecule has 0 aromatic carbocycles. The first-order valence-electron chi connectivity index (χ1n) is 7.05. The molecule has 1 unspecified atom stereocenters. The Labute approximate surface area is 126 Å². The molecule has 0 aliphatic carbocycles. The maximum Gasteiger partial charge on any atom is 0.185 e. The molecule has 5 heteroatoms. The predicted octanol–water partition coefficient (Wildman–Crippen LogP) is 3.39. The van der Waals surface area contributed by atoms with Gasteiger partial charge in [0.05, 0.1) is 5.69 Å². The van der Waals surface area contributed by atoms with Crippen molar-refractivity contribution in [3.8, 4) is 0 Å². The second-order valence-electron chi connectivity index (χ2n) is 4.81. The number of anilines is 1. The minimum Gasteiger partial charge on any atom is -0.348 e. The van der Waals surface area contributed by atoms with Crippen LogP contribution < -0.4 is 10.2 Å². The van der Waals surface area contributed by atoms with Crippen molar-refractivity contribution < 1.29 is 0 Å². The van der Waals surface area contributed by atoms with E-state index in [1.54, 1.807) is 0 Å². The molecule has 1 aromatic rings. The van der Waals surface area contributed by atoms with Crippen LogP contribution in [0.2, 0.25) is 0 Å². The Morgan fingerprint density at radius 2 is 2.16 bits per heavy atom. The van der Waals surface area contributed by atoms with Gasteiger partial charge in [-0.3, -0.25) is 0 Å². The van der Waals surface area contributed by atoms with Crippen molar-refractivity contribution in [3.05, 3.63) is 10.6 Å². The summed E-state index contributed by atoms with van der Waals surface area (Å²) in [5.74, 6) is 1.14. The molecule has 1 atom stereocenters. The van der Waals surface area contributed by atoms with E-state index < -0.39 is 0 Å². The van der Waals surface area contributed by atoms with E-state index in [0.717, 1.165) is 36.8 Å². The van der Waals surface area contributed by atoms with Crippen LogP contribution in [0.5, 0.6) is 0 Å². The van der Waals surface area contributed by atoms with Crippen molar-refractivity contribution in [1.82, 2.24) is 10.3 Å².